The molecule has 3 rings (SSSR count). The average molecular weight is 271 g/mol. The summed E-state index contributed by atoms with van der Waals surface area (Å²) in [6.45, 7) is 0.413. The van der Waals surface area contributed by atoms with Crippen molar-refractivity contribution in [2.45, 2.75) is 38.3 Å². The van der Waals surface area contributed by atoms with Gasteiger partial charge in [0.25, 0.3) is 0 Å². The number of benzene rings is 1. The van der Waals surface area contributed by atoms with Gasteiger partial charge in [-0.1, -0.05) is 36.8 Å². The fourth-order valence-corrected chi connectivity index (χ4v) is 2.15. The van der Waals surface area contributed by atoms with Gasteiger partial charge in [-0.25, -0.2) is 9.67 Å². The summed E-state index contributed by atoms with van der Waals surface area (Å²) in [4.78, 5) is 16.0. The molecule has 1 fully saturated rings. The second-order valence-corrected chi connectivity index (χ2v) is 5.07. The van der Waals surface area contributed by atoms with E-state index in [-0.39, 0.29) is 12.5 Å². The zero-order valence-electron chi connectivity index (χ0n) is 11.2. The summed E-state index contributed by atoms with van der Waals surface area (Å²) < 4.78 is 6.77. The smallest absolute Gasteiger partial charge is 0.328 e. The first-order valence-corrected chi connectivity index (χ1v) is 6.90. The first-order chi connectivity index (χ1) is 9.81. The average Bonchev–Trinajstić information content (AvgIpc) is 2.84. The van der Waals surface area contributed by atoms with E-state index < -0.39 is 0 Å². The van der Waals surface area contributed by atoms with Crippen molar-refractivity contribution in [1.29, 1.82) is 0 Å². The highest BCUT2D eigenvalue weighted by molar-refractivity contribution is 5.69. The quantitative estimate of drug-likeness (QED) is 0.783. The third-order valence-electron chi connectivity index (χ3n) is 3.56. The number of hydrogen-bond acceptors (Lipinski definition) is 4. The largest absolute Gasteiger partial charge is 0.459 e. The molecule has 1 aliphatic carbocycles. The van der Waals surface area contributed by atoms with Crippen LogP contribution in [0.4, 0.5) is 0 Å². The van der Waals surface area contributed by atoms with Crippen molar-refractivity contribution in [2.24, 2.45) is 0 Å². The maximum Gasteiger partial charge on any atom is 0.328 e. The van der Waals surface area contributed by atoms with E-state index in [4.69, 9.17) is 4.74 Å². The molecule has 0 unspecified atom stereocenters. The van der Waals surface area contributed by atoms with E-state index in [1.165, 1.54) is 6.42 Å². The van der Waals surface area contributed by atoms with Gasteiger partial charge in [-0.3, -0.25) is 4.79 Å². The Morgan fingerprint density at radius 2 is 2.10 bits per heavy atom. The number of hydrogen-bond donors (Lipinski definition) is 0. The fourth-order valence-electron chi connectivity index (χ4n) is 2.15. The lowest BCUT2D eigenvalue weighted by atomic mass is 9.85. The van der Waals surface area contributed by atoms with E-state index in [1.807, 2.05) is 30.3 Å². The molecular formula is C15H17N3O2. The van der Waals surface area contributed by atoms with Crippen LogP contribution in [0.15, 0.2) is 36.7 Å². The van der Waals surface area contributed by atoms with E-state index in [9.17, 15) is 4.79 Å². The van der Waals surface area contributed by atoms with E-state index in [2.05, 4.69) is 10.1 Å². The van der Waals surface area contributed by atoms with Crippen LogP contribution in [-0.4, -0.2) is 20.7 Å². The molecule has 1 aromatic carbocycles. The van der Waals surface area contributed by atoms with Crippen LogP contribution in [0, 0.1) is 0 Å². The van der Waals surface area contributed by atoms with Gasteiger partial charge in [-0.2, -0.15) is 5.10 Å². The van der Waals surface area contributed by atoms with Gasteiger partial charge >= 0.3 is 5.97 Å². The van der Waals surface area contributed by atoms with Gasteiger partial charge in [0.15, 0.2) is 5.82 Å². The number of esters is 1. The first-order valence-electron chi connectivity index (χ1n) is 6.90. The van der Waals surface area contributed by atoms with Crippen LogP contribution in [0.5, 0.6) is 0 Å². The number of carbonyl (C=O) groups excluding carboxylic acids is 1. The molecule has 1 saturated carbocycles. The van der Waals surface area contributed by atoms with Crippen LogP contribution in [0.2, 0.25) is 0 Å². The van der Waals surface area contributed by atoms with E-state index >= 15 is 0 Å². The summed E-state index contributed by atoms with van der Waals surface area (Å²) in [5.74, 6) is 1.04. The topological polar surface area (TPSA) is 57.0 Å². The predicted molar refractivity (Wildman–Crippen MR) is 72.9 cm³/mol. The lowest BCUT2D eigenvalue weighted by molar-refractivity contribution is -0.145. The van der Waals surface area contributed by atoms with Gasteiger partial charge < -0.3 is 4.74 Å². The van der Waals surface area contributed by atoms with Gasteiger partial charge in [0.1, 0.15) is 19.5 Å². The molecule has 2 aromatic rings. The lowest BCUT2D eigenvalue weighted by Gasteiger charge is -2.21. The first kappa shape index (κ1) is 12.8. The maximum atomic E-state index is 11.7. The minimum atomic E-state index is -0.293. The molecule has 0 spiro atoms. The Morgan fingerprint density at radius 1 is 1.30 bits per heavy atom. The molecule has 0 N–H and O–H groups in total. The van der Waals surface area contributed by atoms with Crippen molar-refractivity contribution in [2.75, 3.05) is 0 Å². The van der Waals surface area contributed by atoms with Crippen molar-refractivity contribution in [3.8, 4) is 0 Å². The number of rotatable bonds is 5. The predicted octanol–water partition coefficient (Wildman–Crippen LogP) is 2.29. The highest BCUT2D eigenvalue weighted by atomic mass is 16.5. The molecule has 104 valence electrons. The minimum absolute atomic E-state index is 0.118. The number of carbonyl (C=O) groups is 1. The molecule has 0 bridgehead atoms. The van der Waals surface area contributed by atoms with Crippen molar-refractivity contribution < 1.29 is 9.53 Å². The van der Waals surface area contributed by atoms with Gasteiger partial charge in [-0.15, -0.1) is 0 Å². The van der Waals surface area contributed by atoms with Crippen molar-refractivity contribution in [1.82, 2.24) is 14.8 Å². The minimum Gasteiger partial charge on any atom is -0.459 e. The van der Waals surface area contributed by atoms with Crippen molar-refractivity contribution in [3.05, 3.63) is 48.0 Å². The molecule has 0 saturated heterocycles. The Hall–Kier alpha value is -2.17. The molecule has 0 atom stereocenters. The second kappa shape index (κ2) is 5.86. The van der Waals surface area contributed by atoms with Gasteiger partial charge in [0.05, 0.1) is 0 Å². The van der Waals surface area contributed by atoms with Crippen LogP contribution in [0.1, 0.15) is 36.6 Å². The summed E-state index contributed by atoms with van der Waals surface area (Å²) in [6.07, 6.45) is 5.17. The Balaban J connectivity index is 1.49. The lowest BCUT2D eigenvalue weighted by Crippen LogP contribution is -2.15. The van der Waals surface area contributed by atoms with Crippen LogP contribution in [0.25, 0.3) is 0 Å². The maximum absolute atomic E-state index is 11.7. The Kier molecular flexibility index (Phi) is 3.76. The van der Waals surface area contributed by atoms with Crippen LogP contribution >= 0.6 is 0 Å². The normalized spacial score (nSPS) is 14.8. The zero-order valence-corrected chi connectivity index (χ0v) is 11.2. The Labute approximate surface area is 117 Å². The van der Waals surface area contributed by atoms with Crippen LogP contribution in [0.3, 0.4) is 0 Å². The van der Waals surface area contributed by atoms with Crippen LogP contribution < -0.4 is 0 Å². The number of ether oxygens (including phenoxy) is 1. The fraction of sp³-hybridized carbons (Fsp3) is 0.400. The molecule has 0 amide bonds. The molecular weight excluding hydrogens is 254 g/mol. The van der Waals surface area contributed by atoms with E-state index in [0.29, 0.717) is 12.5 Å². The monoisotopic (exact) mass is 271 g/mol. The van der Waals surface area contributed by atoms with Gasteiger partial charge in [0, 0.05) is 5.92 Å². The standard InChI is InChI=1S/C15H17N3O2/c19-14(20-10-12-5-2-1-3-6-12)9-18-11-16-15(17-18)13-7-4-8-13/h1-3,5-6,11,13H,4,7-10H2. The highest BCUT2D eigenvalue weighted by Gasteiger charge is 2.23. The summed E-state index contributed by atoms with van der Waals surface area (Å²) >= 11 is 0. The summed E-state index contributed by atoms with van der Waals surface area (Å²) in [5, 5.41) is 4.33. The molecule has 5 heteroatoms. The Bertz CT molecular complexity index is 576. The molecule has 0 radical (unpaired) electrons. The van der Waals surface area contributed by atoms with E-state index in [0.717, 1.165) is 24.2 Å². The highest BCUT2D eigenvalue weighted by Crippen LogP contribution is 2.33. The molecule has 1 heterocycles. The molecule has 20 heavy (non-hydrogen) atoms. The Morgan fingerprint density at radius 3 is 2.80 bits per heavy atom. The van der Waals surface area contributed by atoms with Gasteiger partial charge in [-0.05, 0) is 18.4 Å². The molecule has 0 aliphatic heterocycles. The summed E-state index contributed by atoms with van der Waals surface area (Å²) in [7, 11) is 0. The number of nitrogens with zero attached hydrogens (tertiary/aromatic N) is 3. The SMILES string of the molecule is O=C(Cn1cnc(C2CCC2)n1)OCc1ccccc1. The summed E-state index contributed by atoms with van der Waals surface area (Å²) in [5.41, 5.74) is 0.981. The van der Waals surface area contributed by atoms with Crippen LogP contribution in [-0.2, 0) is 22.7 Å². The summed E-state index contributed by atoms with van der Waals surface area (Å²) in [6, 6.07) is 9.63. The molecule has 1 aliphatic rings. The third-order valence-corrected chi connectivity index (χ3v) is 3.56. The van der Waals surface area contributed by atoms with Crippen molar-refractivity contribution in [3.63, 3.8) is 0 Å². The third kappa shape index (κ3) is 3.04. The van der Waals surface area contributed by atoms with Crippen molar-refractivity contribution >= 4 is 5.97 Å². The second-order valence-electron chi connectivity index (χ2n) is 5.07. The zero-order chi connectivity index (χ0) is 13.8. The van der Waals surface area contributed by atoms with Gasteiger partial charge in [0.2, 0.25) is 0 Å². The number of aromatic nitrogens is 3. The van der Waals surface area contributed by atoms with E-state index in [1.54, 1.807) is 11.0 Å². The molecule has 5 nitrogen and oxygen atoms in total. The molecule has 1 aromatic heterocycles.